The van der Waals surface area contributed by atoms with Crippen LogP contribution in [0.5, 0.6) is 0 Å². The normalized spacial score (nSPS) is 52.5. The van der Waals surface area contributed by atoms with Gasteiger partial charge in [0.1, 0.15) is 73.2 Å². The first-order chi connectivity index (χ1) is 16.0. The number of hydrogen-bond acceptors (Lipinski definition) is 16. The van der Waals surface area contributed by atoms with Gasteiger partial charge in [0, 0.05) is 0 Å². The zero-order chi connectivity index (χ0) is 25.3. The predicted octanol–water partition coefficient (Wildman–Crippen LogP) is -7.57. The Bertz CT molecular complexity index is 639. The fourth-order valence-corrected chi connectivity index (χ4v) is 3.84. The molecule has 3 aliphatic rings. The molecule has 15 atom stereocenters. The summed E-state index contributed by atoms with van der Waals surface area (Å²) in [6.07, 6.45) is -24.4. The molecule has 16 heteroatoms. The highest BCUT2D eigenvalue weighted by Gasteiger charge is 2.48. The van der Waals surface area contributed by atoms with Crippen LogP contribution in [0.3, 0.4) is 0 Å². The van der Waals surface area contributed by atoms with Crippen LogP contribution in [0, 0.1) is 0 Å². The second-order valence-corrected chi connectivity index (χ2v) is 8.42. The number of aliphatic hydroxyl groups excluding tert-OH is 11. The summed E-state index contributed by atoms with van der Waals surface area (Å²) in [5.74, 6) is 0. The smallest absolute Gasteiger partial charge is 0.186 e. The van der Waals surface area contributed by atoms with E-state index in [9.17, 15) is 56.2 Å². The molecule has 0 aromatic rings. The average molecular weight is 504 g/mol. The molecule has 0 saturated carbocycles. The maximum atomic E-state index is 10.2. The average Bonchev–Trinajstić information content (AvgIpc) is 2.82. The largest absolute Gasteiger partial charge is 0.394 e. The fourth-order valence-electron chi connectivity index (χ4n) is 3.84. The van der Waals surface area contributed by atoms with Gasteiger partial charge in [-0.2, -0.15) is 0 Å². The van der Waals surface area contributed by atoms with Gasteiger partial charge >= 0.3 is 0 Å². The lowest BCUT2D eigenvalue weighted by Gasteiger charge is -2.43. The van der Waals surface area contributed by atoms with E-state index in [0.29, 0.717) is 0 Å². The summed E-state index contributed by atoms with van der Waals surface area (Å²) in [7, 11) is 0. The first-order valence-electron chi connectivity index (χ1n) is 10.6. The Hall–Kier alpha value is -0.640. The van der Waals surface area contributed by atoms with Crippen LogP contribution in [0.25, 0.3) is 0 Å². The third-order valence-corrected chi connectivity index (χ3v) is 6.05. The molecule has 0 unspecified atom stereocenters. The van der Waals surface area contributed by atoms with Gasteiger partial charge < -0.3 is 79.9 Å². The molecular weight excluding hydrogens is 472 g/mol. The van der Waals surface area contributed by atoms with E-state index in [4.69, 9.17) is 23.7 Å². The van der Waals surface area contributed by atoms with Crippen LogP contribution in [-0.2, 0) is 23.7 Å². The Morgan fingerprint density at radius 2 is 0.824 bits per heavy atom. The Morgan fingerprint density at radius 3 is 1.29 bits per heavy atom. The van der Waals surface area contributed by atoms with Crippen molar-refractivity contribution in [1.29, 1.82) is 0 Å². The minimum atomic E-state index is -1.82. The zero-order valence-corrected chi connectivity index (χ0v) is 17.7. The molecule has 16 nitrogen and oxygen atoms in total. The van der Waals surface area contributed by atoms with E-state index in [-0.39, 0.29) is 0 Å². The van der Waals surface area contributed by atoms with Gasteiger partial charge in [-0.3, -0.25) is 0 Å². The Morgan fingerprint density at radius 1 is 0.441 bits per heavy atom. The summed E-state index contributed by atoms with van der Waals surface area (Å²) in [6.45, 7) is -1.84. The number of aliphatic hydroxyl groups is 11. The molecule has 11 N–H and O–H groups in total. The summed E-state index contributed by atoms with van der Waals surface area (Å²) in [5, 5.41) is 108. The van der Waals surface area contributed by atoms with Gasteiger partial charge in [0.25, 0.3) is 0 Å². The van der Waals surface area contributed by atoms with Crippen LogP contribution in [0.2, 0.25) is 0 Å². The molecule has 34 heavy (non-hydrogen) atoms. The van der Waals surface area contributed by atoms with E-state index in [2.05, 4.69) is 0 Å². The van der Waals surface area contributed by atoms with Crippen molar-refractivity contribution in [1.82, 2.24) is 0 Å². The molecular formula is C18H32O16. The molecule has 3 heterocycles. The molecule has 3 rings (SSSR count). The van der Waals surface area contributed by atoms with E-state index >= 15 is 0 Å². The highest BCUT2D eigenvalue weighted by atomic mass is 16.7. The monoisotopic (exact) mass is 504 g/mol. The van der Waals surface area contributed by atoms with E-state index in [1.54, 1.807) is 0 Å². The molecule has 0 aliphatic carbocycles. The highest BCUT2D eigenvalue weighted by molar-refractivity contribution is 4.92. The number of hydrogen-bond donors (Lipinski definition) is 11. The van der Waals surface area contributed by atoms with E-state index < -0.39 is 112 Å². The van der Waals surface area contributed by atoms with Crippen molar-refractivity contribution < 1.29 is 79.9 Å². The lowest BCUT2D eigenvalue weighted by Crippen LogP contribution is -2.62. The van der Waals surface area contributed by atoms with Crippen molar-refractivity contribution in [2.75, 3.05) is 19.8 Å². The first kappa shape index (κ1) is 27.9. The summed E-state index contributed by atoms with van der Waals surface area (Å²) in [4.78, 5) is 0. The minimum Gasteiger partial charge on any atom is -0.394 e. The summed E-state index contributed by atoms with van der Waals surface area (Å²) < 4.78 is 26.1. The Kier molecular flexibility index (Phi) is 9.54. The van der Waals surface area contributed by atoms with Crippen molar-refractivity contribution >= 4 is 0 Å². The molecule has 0 spiro atoms. The van der Waals surface area contributed by atoms with Crippen LogP contribution in [0.15, 0.2) is 0 Å². The fraction of sp³-hybridized carbons (Fsp3) is 1.00. The van der Waals surface area contributed by atoms with Crippen molar-refractivity contribution in [3.05, 3.63) is 0 Å². The van der Waals surface area contributed by atoms with Crippen LogP contribution in [0.1, 0.15) is 0 Å². The molecule has 200 valence electrons. The summed E-state index contributed by atoms with van der Waals surface area (Å²) >= 11 is 0. The molecule has 3 aliphatic heterocycles. The van der Waals surface area contributed by atoms with Gasteiger partial charge in [-0.25, -0.2) is 0 Å². The third kappa shape index (κ3) is 5.68. The second-order valence-electron chi connectivity index (χ2n) is 8.42. The van der Waals surface area contributed by atoms with Crippen LogP contribution in [-0.4, -0.2) is 168 Å². The topological polar surface area (TPSA) is 269 Å². The van der Waals surface area contributed by atoms with Crippen LogP contribution in [0.4, 0.5) is 0 Å². The Balaban J connectivity index is 1.58. The molecule has 0 amide bonds. The first-order valence-corrected chi connectivity index (χ1v) is 10.6. The maximum absolute atomic E-state index is 10.2. The third-order valence-electron chi connectivity index (χ3n) is 6.05. The molecule has 3 saturated heterocycles. The second kappa shape index (κ2) is 11.6. The highest BCUT2D eigenvalue weighted by Crippen LogP contribution is 2.27. The molecule has 0 bridgehead atoms. The molecule has 0 aromatic heterocycles. The van der Waals surface area contributed by atoms with Crippen LogP contribution >= 0.6 is 0 Å². The Labute approximate surface area is 192 Å². The van der Waals surface area contributed by atoms with Crippen molar-refractivity contribution in [3.8, 4) is 0 Å². The number of rotatable bonds is 7. The van der Waals surface area contributed by atoms with Crippen molar-refractivity contribution in [2.45, 2.75) is 92.1 Å². The zero-order valence-electron chi connectivity index (χ0n) is 17.7. The SMILES string of the molecule is OC[C@@H]1O[C@@H](OC[C@H]2O[C@@H](OC[C@@H]3O[C@@H](O)[C@H](O)[C@H](O)[C@H]3O)[C@@H](O)[C@H](O)[C@H]2O)[C@H](O)[C@H](O)[C@H]1O. The lowest BCUT2D eigenvalue weighted by molar-refractivity contribution is -0.340. The van der Waals surface area contributed by atoms with Gasteiger partial charge in [0.2, 0.25) is 0 Å². The van der Waals surface area contributed by atoms with Crippen molar-refractivity contribution in [2.24, 2.45) is 0 Å². The van der Waals surface area contributed by atoms with Gasteiger partial charge in [0.15, 0.2) is 18.9 Å². The van der Waals surface area contributed by atoms with Crippen molar-refractivity contribution in [3.63, 3.8) is 0 Å². The maximum Gasteiger partial charge on any atom is 0.186 e. The van der Waals surface area contributed by atoms with E-state index in [0.717, 1.165) is 0 Å². The molecule has 3 fully saturated rings. The van der Waals surface area contributed by atoms with Gasteiger partial charge in [-0.15, -0.1) is 0 Å². The standard InChI is InChI=1S/C18H32O16/c19-1-4-7(20)11(24)14(27)17(33-4)31-3-6-9(22)12(25)15(28)18(34-6)30-2-5-8(21)10(23)13(26)16(29)32-5/h4-29H,1-3H2/t4-,5-,6+,7-,8-,9-,10+,11+,12+,13+,14+,15-,16+,17+,18+/m0/s1. The van der Waals surface area contributed by atoms with E-state index in [1.165, 1.54) is 0 Å². The predicted molar refractivity (Wildman–Crippen MR) is 101 cm³/mol. The quantitative estimate of drug-likeness (QED) is 0.154. The molecule has 0 radical (unpaired) electrons. The number of ether oxygens (including phenoxy) is 5. The lowest BCUT2D eigenvalue weighted by atomic mass is 9.98. The summed E-state index contributed by atoms with van der Waals surface area (Å²) in [6, 6.07) is 0. The van der Waals surface area contributed by atoms with E-state index in [1.807, 2.05) is 0 Å². The molecule has 0 aromatic carbocycles. The summed E-state index contributed by atoms with van der Waals surface area (Å²) in [5.41, 5.74) is 0. The van der Waals surface area contributed by atoms with Gasteiger partial charge in [0.05, 0.1) is 19.8 Å². The van der Waals surface area contributed by atoms with Gasteiger partial charge in [-0.05, 0) is 0 Å². The van der Waals surface area contributed by atoms with Crippen LogP contribution < -0.4 is 0 Å². The minimum absolute atomic E-state index is 0.570. The van der Waals surface area contributed by atoms with Gasteiger partial charge in [-0.1, -0.05) is 0 Å².